The second kappa shape index (κ2) is 5.07. The molecule has 1 aromatic rings. The topological polar surface area (TPSA) is 46.2 Å². The molecule has 0 spiro atoms. The van der Waals surface area contributed by atoms with Gasteiger partial charge in [-0.3, -0.25) is 9.00 Å². The summed E-state index contributed by atoms with van der Waals surface area (Å²) in [6.45, 7) is 3.87. The molecule has 0 fully saturated rings. The summed E-state index contributed by atoms with van der Waals surface area (Å²) < 4.78 is 10.9. The van der Waals surface area contributed by atoms with Gasteiger partial charge in [0.2, 0.25) is 5.91 Å². The van der Waals surface area contributed by atoms with Crippen LogP contribution < -0.4 is 5.32 Å². The minimum absolute atomic E-state index is 0.0494. The van der Waals surface area contributed by atoms with E-state index in [1.807, 2.05) is 32.0 Å². The van der Waals surface area contributed by atoms with Gasteiger partial charge in [-0.05, 0) is 25.0 Å². The van der Waals surface area contributed by atoms with Crippen molar-refractivity contribution >= 4 is 22.4 Å². The molecule has 0 heterocycles. The largest absolute Gasteiger partial charge is 0.325 e. The lowest BCUT2D eigenvalue weighted by atomic mass is 10.1. The molecule has 1 N–H and O–H groups in total. The molecule has 1 rings (SSSR count). The number of carbonyl (C=O) groups is 1. The van der Waals surface area contributed by atoms with E-state index in [0.29, 0.717) is 0 Å². The molecule has 4 heteroatoms. The highest BCUT2D eigenvalue weighted by atomic mass is 32.2. The van der Waals surface area contributed by atoms with Crippen LogP contribution in [0, 0.1) is 13.8 Å². The molecule has 0 bridgehead atoms. The molecule has 3 nitrogen and oxygen atoms in total. The van der Waals surface area contributed by atoms with Crippen LogP contribution in [0.2, 0.25) is 0 Å². The van der Waals surface area contributed by atoms with Crippen molar-refractivity contribution in [2.75, 3.05) is 17.3 Å². The first-order valence-electron chi connectivity index (χ1n) is 4.67. The van der Waals surface area contributed by atoms with Crippen LogP contribution in [0.25, 0.3) is 0 Å². The van der Waals surface area contributed by atoms with Crippen molar-refractivity contribution in [3.63, 3.8) is 0 Å². The van der Waals surface area contributed by atoms with E-state index in [9.17, 15) is 9.00 Å². The summed E-state index contributed by atoms with van der Waals surface area (Å²) in [5, 5.41) is 2.78. The number of amides is 1. The van der Waals surface area contributed by atoms with Gasteiger partial charge in [0.25, 0.3) is 0 Å². The average Bonchev–Trinajstić information content (AvgIpc) is 2.10. The summed E-state index contributed by atoms with van der Waals surface area (Å²) in [6.07, 6.45) is 1.52. The number of rotatable bonds is 3. The first kappa shape index (κ1) is 11.9. The molecular formula is C11H15NO2S. The molecule has 0 aliphatic heterocycles. The third-order valence-electron chi connectivity index (χ3n) is 2.08. The fourth-order valence-electron chi connectivity index (χ4n) is 1.37. The van der Waals surface area contributed by atoms with Crippen LogP contribution in [-0.2, 0) is 15.6 Å². The van der Waals surface area contributed by atoms with Gasteiger partial charge in [-0.1, -0.05) is 18.2 Å². The second-order valence-corrected chi connectivity index (χ2v) is 4.97. The lowest BCUT2D eigenvalue weighted by Gasteiger charge is -2.10. The summed E-state index contributed by atoms with van der Waals surface area (Å²) >= 11 is 0. The molecule has 0 radical (unpaired) electrons. The van der Waals surface area contributed by atoms with Gasteiger partial charge >= 0.3 is 0 Å². The van der Waals surface area contributed by atoms with E-state index in [1.54, 1.807) is 0 Å². The van der Waals surface area contributed by atoms with Crippen molar-refractivity contribution in [1.29, 1.82) is 0 Å². The predicted octanol–water partition coefficient (Wildman–Crippen LogP) is 1.62. The van der Waals surface area contributed by atoms with Gasteiger partial charge in [-0.25, -0.2) is 0 Å². The monoisotopic (exact) mass is 225 g/mol. The fourth-order valence-corrected chi connectivity index (χ4v) is 1.81. The molecule has 1 amide bonds. The normalized spacial score (nSPS) is 12.2. The molecule has 82 valence electrons. The Kier molecular flexibility index (Phi) is 4.03. The van der Waals surface area contributed by atoms with E-state index in [-0.39, 0.29) is 11.7 Å². The first-order valence-corrected chi connectivity index (χ1v) is 6.39. The van der Waals surface area contributed by atoms with Gasteiger partial charge < -0.3 is 5.32 Å². The molecule has 0 aliphatic carbocycles. The zero-order chi connectivity index (χ0) is 11.4. The van der Waals surface area contributed by atoms with Crippen molar-refractivity contribution in [2.24, 2.45) is 0 Å². The second-order valence-electron chi connectivity index (χ2n) is 3.53. The smallest absolute Gasteiger partial charge is 0.236 e. The molecule has 0 aromatic heterocycles. The van der Waals surface area contributed by atoms with Crippen LogP contribution in [0.15, 0.2) is 18.2 Å². The third kappa shape index (κ3) is 3.47. The Labute approximate surface area is 92.3 Å². The summed E-state index contributed by atoms with van der Waals surface area (Å²) in [7, 11) is -1.09. The predicted molar refractivity (Wildman–Crippen MR) is 63.5 cm³/mol. The Morgan fingerprint density at radius 3 is 2.33 bits per heavy atom. The van der Waals surface area contributed by atoms with Crippen LogP contribution in [0.4, 0.5) is 5.69 Å². The van der Waals surface area contributed by atoms with Crippen LogP contribution >= 0.6 is 0 Å². The Balaban J connectivity index is 2.80. The fraction of sp³-hybridized carbons (Fsp3) is 0.364. The van der Waals surface area contributed by atoms with E-state index in [4.69, 9.17) is 0 Å². The molecule has 1 atom stereocenters. The van der Waals surface area contributed by atoms with E-state index < -0.39 is 10.8 Å². The molecular weight excluding hydrogens is 210 g/mol. The van der Waals surface area contributed by atoms with Gasteiger partial charge in [0.05, 0.1) is 0 Å². The zero-order valence-corrected chi connectivity index (χ0v) is 9.98. The number of carbonyl (C=O) groups excluding carboxylic acids is 1. The van der Waals surface area contributed by atoms with Crippen molar-refractivity contribution in [3.8, 4) is 0 Å². The molecule has 15 heavy (non-hydrogen) atoms. The lowest BCUT2D eigenvalue weighted by molar-refractivity contribution is -0.113. The number of hydrogen-bond acceptors (Lipinski definition) is 2. The molecule has 0 saturated carbocycles. The van der Waals surface area contributed by atoms with Gasteiger partial charge in [-0.15, -0.1) is 0 Å². The number of benzene rings is 1. The zero-order valence-electron chi connectivity index (χ0n) is 9.16. The Morgan fingerprint density at radius 2 is 1.87 bits per heavy atom. The number of para-hydroxylation sites is 1. The molecule has 1 aromatic carbocycles. The summed E-state index contributed by atoms with van der Waals surface area (Å²) in [4.78, 5) is 11.4. The van der Waals surface area contributed by atoms with Gasteiger partial charge in [-0.2, -0.15) is 0 Å². The van der Waals surface area contributed by atoms with E-state index in [2.05, 4.69) is 5.32 Å². The first-order chi connectivity index (χ1) is 7.00. The maximum atomic E-state index is 11.4. The third-order valence-corrected chi connectivity index (χ3v) is 2.75. The summed E-state index contributed by atoms with van der Waals surface area (Å²) in [6, 6.07) is 5.81. The van der Waals surface area contributed by atoms with Crippen LogP contribution in [0.1, 0.15) is 11.1 Å². The van der Waals surface area contributed by atoms with Crippen LogP contribution in [-0.4, -0.2) is 22.1 Å². The summed E-state index contributed by atoms with van der Waals surface area (Å²) in [5.74, 6) is -0.151. The van der Waals surface area contributed by atoms with Crippen molar-refractivity contribution in [1.82, 2.24) is 0 Å². The number of nitrogens with one attached hydrogen (secondary N) is 1. The van der Waals surface area contributed by atoms with Crippen molar-refractivity contribution < 1.29 is 9.00 Å². The quantitative estimate of drug-likeness (QED) is 0.849. The Bertz CT molecular complexity index is 381. The molecule has 0 aliphatic rings. The molecule has 0 saturated heterocycles. The van der Waals surface area contributed by atoms with E-state index >= 15 is 0 Å². The van der Waals surface area contributed by atoms with Crippen LogP contribution in [0.3, 0.4) is 0 Å². The highest BCUT2D eigenvalue weighted by molar-refractivity contribution is 7.85. The standard InChI is InChI=1S/C11H15NO2S/c1-8-5-4-6-9(2)11(8)12-10(13)7-15(3)14/h4-6H,7H2,1-3H3,(H,12,13). The average molecular weight is 225 g/mol. The molecule has 1 unspecified atom stereocenters. The van der Waals surface area contributed by atoms with E-state index in [0.717, 1.165) is 16.8 Å². The van der Waals surface area contributed by atoms with Crippen LogP contribution in [0.5, 0.6) is 0 Å². The van der Waals surface area contributed by atoms with Crippen molar-refractivity contribution in [3.05, 3.63) is 29.3 Å². The van der Waals surface area contributed by atoms with Gasteiger partial charge in [0, 0.05) is 22.7 Å². The highest BCUT2D eigenvalue weighted by Crippen LogP contribution is 2.19. The van der Waals surface area contributed by atoms with Gasteiger partial charge in [0.15, 0.2) is 0 Å². The Morgan fingerprint density at radius 1 is 1.33 bits per heavy atom. The number of aryl methyl sites for hydroxylation is 2. The maximum Gasteiger partial charge on any atom is 0.236 e. The number of anilines is 1. The minimum atomic E-state index is -1.09. The highest BCUT2D eigenvalue weighted by Gasteiger charge is 2.08. The van der Waals surface area contributed by atoms with Gasteiger partial charge in [0.1, 0.15) is 5.75 Å². The minimum Gasteiger partial charge on any atom is -0.325 e. The lowest BCUT2D eigenvalue weighted by Crippen LogP contribution is -2.19. The van der Waals surface area contributed by atoms with Crippen molar-refractivity contribution in [2.45, 2.75) is 13.8 Å². The summed E-state index contributed by atoms with van der Waals surface area (Å²) in [5.41, 5.74) is 2.86. The Hall–Kier alpha value is -1.16. The number of hydrogen-bond donors (Lipinski definition) is 1. The van der Waals surface area contributed by atoms with E-state index in [1.165, 1.54) is 6.26 Å². The maximum absolute atomic E-state index is 11.4. The SMILES string of the molecule is Cc1cccc(C)c1NC(=O)CS(C)=O.